The Balaban J connectivity index is 0.000000206. The minimum absolute atomic E-state index is 0.0537. The van der Waals surface area contributed by atoms with Crippen LogP contribution in [0.2, 0.25) is 0 Å². The third kappa shape index (κ3) is 27.9. The lowest BCUT2D eigenvalue weighted by Gasteiger charge is -2.16. The van der Waals surface area contributed by atoms with Crippen molar-refractivity contribution in [2.75, 3.05) is 86.4 Å². The summed E-state index contributed by atoms with van der Waals surface area (Å²) < 4.78 is 79.7. The minimum atomic E-state index is -5.46. The van der Waals surface area contributed by atoms with E-state index in [0.717, 1.165) is 32.0 Å². The molecule has 28 atom stereocenters. The molecule has 7 saturated heterocycles. The van der Waals surface area contributed by atoms with Gasteiger partial charge in [0.1, 0.15) is 169 Å². The third-order valence-corrected chi connectivity index (χ3v) is 22.3. The first-order valence-corrected chi connectivity index (χ1v) is 41.9. The molecule has 0 saturated carbocycles. The second-order valence-corrected chi connectivity index (χ2v) is 32.2. The van der Waals surface area contributed by atoms with Gasteiger partial charge in [0.2, 0.25) is 0 Å². The summed E-state index contributed by atoms with van der Waals surface area (Å²) in [6.45, 7) is -3.17. The molecule has 7 aromatic rings. The van der Waals surface area contributed by atoms with Gasteiger partial charge < -0.3 is 205 Å². The highest BCUT2D eigenvalue weighted by molar-refractivity contribution is 7.66. The lowest BCUT2D eigenvalue weighted by Crippen LogP contribution is -2.36. The van der Waals surface area contributed by atoms with Crippen molar-refractivity contribution in [2.45, 2.75) is 172 Å². The number of aliphatic hydroxyl groups is 21. The van der Waals surface area contributed by atoms with Gasteiger partial charge in [0.25, 0.3) is 0 Å². The average molecular weight is 1960 g/mol. The van der Waals surface area contributed by atoms with E-state index in [1.54, 1.807) is 0 Å². The molecular weight excluding hydrogens is 1860 g/mol. The molecule has 0 amide bonds. The molecule has 0 aromatic carbocycles. The Morgan fingerprint density at radius 3 is 0.439 bits per heavy atom. The van der Waals surface area contributed by atoms with E-state index in [1.165, 1.54) is 85.8 Å². The van der Waals surface area contributed by atoms with Gasteiger partial charge in [-0.05, 0) is 42.5 Å². The first-order chi connectivity index (χ1) is 61.7. The molecule has 7 fully saturated rings. The number of hydrogen-bond acceptors (Lipinski definition) is 54. The largest absolute Gasteiger partial charge is 0.490 e. The van der Waals surface area contributed by atoms with Crippen LogP contribution in [0.1, 0.15) is 43.6 Å². The number of aliphatic hydroxyl groups excluding tert-OH is 21. The summed E-state index contributed by atoms with van der Waals surface area (Å²) in [4.78, 5) is 145. The van der Waals surface area contributed by atoms with E-state index in [-0.39, 0.29) is 40.7 Å². The fraction of sp³-hybridized carbons (Fsp3) is 0.556. The molecule has 0 aliphatic carbocycles. The van der Waals surface area contributed by atoms with Gasteiger partial charge in [-0.15, -0.1) is 0 Å². The topological polar surface area (TPSA) is 1090 Å². The Hall–Kier alpha value is -9.95. The highest BCUT2D eigenvalue weighted by atomic mass is 31.3. The van der Waals surface area contributed by atoms with E-state index < -0.39 is 281 Å². The monoisotopic (exact) mass is 1960 g/mol. The maximum atomic E-state index is 11.5. The molecule has 7 aliphatic heterocycles. The number of nitrogens with two attached hydrogens (primary N) is 7. The maximum Gasteiger partial charge on any atom is 0.490 e. The van der Waals surface area contributed by atoms with Gasteiger partial charge in [0.05, 0.1) is 46.2 Å². The second-order valence-electron chi connectivity index (χ2n) is 28.0. The fourth-order valence-corrected chi connectivity index (χ4v) is 14.9. The van der Waals surface area contributed by atoms with E-state index in [9.17, 15) is 119 Å². The van der Waals surface area contributed by atoms with Gasteiger partial charge in [-0.3, -0.25) is 32.0 Å². The van der Waals surface area contributed by atoms with E-state index in [4.69, 9.17) is 134 Å². The summed E-state index contributed by atoms with van der Waals surface area (Å²) in [5.41, 5.74) is 32.4. The van der Waals surface area contributed by atoms with Crippen molar-refractivity contribution < 1.29 is 187 Å². The lowest BCUT2D eigenvalue weighted by atomic mass is 10.1. The number of hydrogen-bond donors (Lipinski definition) is 33. The molecule has 0 radical (unpaired) electrons. The van der Waals surface area contributed by atoms with E-state index in [2.05, 4.69) is 43.5 Å². The normalized spacial score (nSPS) is 31.1. The van der Waals surface area contributed by atoms with Crippen molar-refractivity contribution in [3.8, 4) is 0 Å². The molecule has 14 rings (SSSR count). The second kappa shape index (κ2) is 47.3. The van der Waals surface area contributed by atoms with Crippen LogP contribution >= 0.6 is 23.5 Å². The number of aromatic nitrogens is 14. The van der Waals surface area contributed by atoms with Gasteiger partial charge in [-0.2, -0.15) is 43.5 Å². The van der Waals surface area contributed by atoms with Crippen LogP contribution in [0.25, 0.3) is 0 Å². The number of anilines is 7. The Morgan fingerprint density at radius 2 is 0.356 bits per heavy atom. The molecule has 132 heavy (non-hydrogen) atoms. The zero-order valence-electron chi connectivity index (χ0n) is 67.2. The van der Waals surface area contributed by atoms with Crippen LogP contribution in [0.3, 0.4) is 0 Å². The molecule has 0 unspecified atom stereocenters. The van der Waals surface area contributed by atoms with Crippen molar-refractivity contribution >= 4 is 64.2 Å². The molecule has 40 N–H and O–H groups in total. The maximum absolute atomic E-state index is 11.5. The molecule has 0 spiro atoms. The van der Waals surface area contributed by atoms with Crippen LogP contribution in [0.5, 0.6) is 0 Å². The average Bonchev–Trinajstić information content (AvgIpc) is 1.69. The van der Waals surface area contributed by atoms with Gasteiger partial charge in [0, 0.05) is 43.4 Å². The highest BCUT2D eigenvalue weighted by Crippen LogP contribution is 2.64. The van der Waals surface area contributed by atoms with Crippen molar-refractivity contribution in [1.29, 1.82) is 0 Å². The van der Waals surface area contributed by atoms with E-state index >= 15 is 0 Å². The van der Waals surface area contributed by atoms with Crippen LogP contribution < -0.4 is 80.0 Å². The van der Waals surface area contributed by atoms with Crippen LogP contribution in [0.4, 0.5) is 40.7 Å². The quantitative estimate of drug-likeness (QED) is 0.0355. The number of nitrogen functional groups attached to an aromatic ring is 7. The lowest BCUT2D eigenvalue weighted by molar-refractivity contribution is -0.0549. The van der Waals surface area contributed by atoms with E-state index in [0.29, 0.717) is 0 Å². The van der Waals surface area contributed by atoms with Crippen molar-refractivity contribution in [1.82, 2.24) is 66.9 Å². The summed E-state index contributed by atoms with van der Waals surface area (Å²) in [5.74, 6) is 0.376. The van der Waals surface area contributed by atoms with Crippen molar-refractivity contribution in [3.63, 3.8) is 0 Å². The summed E-state index contributed by atoms with van der Waals surface area (Å²) in [5, 5.41) is 197. The molecule has 7 aliphatic rings. The Labute approximate surface area is 733 Å². The zero-order valence-corrected chi connectivity index (χ0v) is 69.9. The standard InChI is InChI=1S/7C9H13N3O5.H5O10P3/c7*10-5-1-2-12(9(16)11-5)8-7(15)6(14)4(3-13)17-8;1-11(2,3)9-13(7,8)10-12(4,5)6/h7*1-2,4,6-8,13-15H,3H2,(H2,10,11,16);(H,7,8)(H2,1,2,3)(H2,4,5,6)/t7*4-,6-,7-,8-;/m1111111./s1. The fourth-order valence-electron chi connectivity index (χ4n) is 12.4. The molecular formula is C63H96N21O45P3. The minimum Gasteiger partial charge on any atom is -0.394 e. The van der Waals surface area contributed by atoms with Crippen molar-refractivity contribution in [3.05, 3.63) is 159 Å². The summed E-state index contributed by atoms with van der Waals surface area (Å²) in [7, 11) is -16.2. The van der Waals surface area contributed by atoms with E-state index in [1.807, 2.05) is 0 Å². The first kappa shape index (κ1) is 109. The molecule has 0 bridgehead atoms. The number of phosphoric acid groups is 3. The van der Waals surface area contributed by atoms with Gasteiger partial charge in [-0.25, -0.2) is 47.3 Å². The predicted octanol–water partition coefficient (Wildman–Crippen LogP) is -18.6. The van der Waals surface area contributed by atoms with Gasteiger partial charge in [-0.1, -0.05) is 0 Å². The molecule has 69 heteroatoms. The molecule has 7 aromatic heterocycles. The zero-order chi connectivity index (χ0) is 99.0. The SMILES string of the molecule is Nc1ccn([C@@H]2O[C@H](CO)[C@@H](O)[C@H]2O)c(=O)n1.Nc1ccn([C@@H]2O[C@H](CO)[C@@H](O)[C@H]2O)c(=O)n1.Nc1ccn([C@@H]2O[C@H](CO)[C@@H](O)[C@H]2O)c(=O)n1.Nc1ccn([C@@H]2O[C@H](CO)[C@@H](O)[C@H]2O)c(=O)n1.Nc1ccn([C@@H]2O[C@H](CO)[C@@H](O)[C@H]2O)c(=O)n1.Nc1ccn([C@@H]2O[C@H](CO)[C@@H](O)[C@H]2O)c(=O)n1.Nc1ccn([C@@H]2O[C@H](CO)[C@@H](O)[C@H]2O)c(=O)n1.O=P(O)(O)OP(=O)(O)OP(=O)(O)O. The molecule has 14 heterocycles. The first-order valence-electron chi connectivity index (χ1n) is 37.4. The summed E-state index contributed by atoms with van der Waals surface area (Å²) >= 11 is 0. The number of nitrogens with zero attached hydrogens (tertiary/aromatic N) is 14. The number of ether oxygens (including phenoxy) is 7. The van der Waals surface area contributed by atoms with Crippen LogP contribution in [0, 0.1) is 0 Å². The number of rotatable bonds is 18. The highest BCUT2D eigenvalue weighted by Gasteiger charge is 2.50. The molecule has 66 nitrogen and oxygen atoms in total. The van der Waals surface area contributed by atoms with Gasteiger partial charge in [0.15, 0.2) is 43.6 Å². The smallest absolute Gasteiger partial charge is 0.394 e. The van der Waals surface area contributed by atoms with Gasteiger partial charge >= 0.3 is 63.3 Å². The van der Waals surface area contributed by atoms with Crippen LogP contribution in [-0.2, 0) is 55.5 Å². The van der Waals surface area contributed by atoms with Crippen LogP contribution in [-0.4, -0.2) is 373 Å². The summed E-state index contributed by atoms with van der Waals surface area (Å²) in [6, 6.07) is 9.60. The Kier molecular flexibility index (Phi) is 39.1. The third-order valence-electron chi connectivity index (χ3n) is 18.9. The Morgan fingerprint density at radius 1 is 0.242 bits per heavy atom. The summed E-state index contributed by atoms with van der Waals surface area (Å²) in [6.07, 6.45) is -22.9. The molecule has 738 valence electrons. The predicted molar refractivity (Wildman–Crippen MR) is 428 cm³/mol. The Bertz CT molecular complexity index is 4680. The van der Waals surface area contributed by atoms with Crippen LogP contribution in [0.15, 0.2) is 119 Å². The van der Waals surface area contributed by atoms with Crippen molar-refractivity contribution in [2.24, 2.45) is 0 Å².